The van der Waals surface area contributed by atoms with E-state index >= 15 is 0 Å². The number of amides is 2. The molecule has 4 heterocycles. The number of hydrogen-bond donors (Lipinski definition) is 2. The van der Waals surface area contributed by atoms with Crippen molar-refractivity contribution in [3.8, 4) is 5.75 Å². The summed E-state index contributed by atoms with van der Waals surface area (Å²) < 4.78 is 13.6. The fraction of sp³-hybridized carbons (Fsp3) is 0.440. The average molecular weight is 579 g/mol. The van der Waals surface area contributed by atoms with E-state index < -0.39 is 22.9 Å². The van der Waals surface area contributed by atoms with Crippen molar-refractivity contribution >= 4 is 40.8 Å². The fourth-order valence-electron chi connectivity index (χ4n) is 4.60. The molecule has 14 heteroatoms. The van der Waals surface area contributed by atoms with Gasteiger partial charge in [0.1, 0.15) is 6.54 Å². The van der Waals surface area contributed by atoms with Crippen molar-refractivity contribution in [1.82, 2.24) is 29.1 Å². The highest BCUT2D eigenvalue weighted by atomic mass is 35.5. The van der Waals surface area contributed by atoms with Gasteiger partial charge in [-0.25, -0.2) is 9.38 Å². The van der Waals surface area contributed by atoms with E-state index in [0.29, 0.717) is 80.5 Å². The molecule has 2 aliphatic heterocycles. The molecule has 1 aromatic carbocycles. The lowest BCUT2D eigenvalue weighted by atomic mass is 10.2. The summed E-state index contributed by atoms with van der Waals surface area (Å²) in [6, 6.07) is 4.91. The van der Waals surface area contributed by atoms with Crippen LogP contribution in [-0.4, -0.2) is 93.3 Å². The van der Waals surface area contributed by atoms with Gasteiger partial charge >= 0.3 is 5.56 Å². The van der Waals surface area contributed by atoms with Crippen LogP contribution < -0.4 is 10.9 Å². The van der Waals surface area contributed by atoms with Gasteiger partial charge in [-0.05, 0) is 17.7 Å². The number of rotatable bonds is 7. The van der Waals surface area contributed by atoms with E-state index in [9.17, 15) is 19.5 Å². The number of morpholine rings is 2. The molecule has 0 unspecified atom stereocenters. The molecule has 0 atom stereocenters. The summed E-state index contributed by atoms with van der Waals surface area (Å²) in [6.45, 7) is 4.66. The van der Waals surface area contributed by atoms with Crippen LogP contribution in [0.5, 0.6) is 5.75 Å². The molecule has 2 aliphatic rings. The second-order valence-electron chi connectivity index (χ2n) is 9.31. The molecule has 2 N–H and O–H groups in total. The minimum atomic E-state index is -0.791. The van der Waals surface area contributed by atoms with Crippen LogP contribution in [0.2, 0.25) is 10.0 Å². The summed E-state index contributed by atoms with van der Waals surface area (Å²) in [5, 5.41) is 14.1. The summed E-state index contributed by atoms with van der Waals surface area (Å²) in [7, 11) is 0. The van der Waals surface area contributed by atoms with Crippen molar-refractivity contribution in [3.05, 3.63) is 61.7 Å². The van der Waals surface area contributed by atoms with E-state index in [1.165, 1.54) is 4.40 Å². The van der Waals surface area contributed by atoms with Gasteiger partial charge in [-0.2, -0.15) is 0 Å². The van der Waals surface area contributed by atoms with Crippen LogP contribution in [0, 0.1) is 0 Å². The molecule has 0 spiro atoms. The first kappa shape index (κ1) is 27.4. The minimum absolute atomic E-state index is 0.0645. The Morgan fingerprint density at radius 2 is 1.72 bits per heavy atom. The molecular formula is C25H28Cl2N6O6. The van der Waals surface area contributed by atoms with E-state index in [1.54, 1.807) is 33.9 Å². The average Bonchev–Trinajstić information content (AvgIpc) is 3.28. The molecule has 3 aromatic rings. The number of imidazole rings is 1. The van der Waals surface area contributed by atoms with Gasteiger partial charge in [0, 0.05) is 45.5 Å². The van der Waals surface area contributed by atoms with Gasteiger partial charge < -0.3 is 29.4 Å². The number of nitrogens with zero attached hydrogens (tertiary/aromatic N) is 5. The Hall–Kier alpha value is -3.16. The number of halogens is 2. The molecule has 12 nitrogen and oxygen atoms in total. The number of nitrogens with one attached hydrogen (secondary N) is 1. The van der Waals surface area contributed by atoms with Gasteiger partial charge in [-0.15, -0.1) is 0 Å². The molecule has 0 radical (unpaired) electrons. The van der Waals surface area contributed by atoms with E-state index in [-0.39, 0.29) is 24.8 Å². The molecule has 0 saturated carbocycles. The standard InChI is InChI=1S/C25H28Cl2N6O6/c26-18-2-1-16(11-19(18)27)12-28-23(36)21-22(35)24(37)33-17(13-30-3-7-38-8-4-30)14-32(25(33)29-21)15-20(34)31-5-9-39-10-6-31/h1-2,11,14,35H,3-10,12-13,15H2,(H,28,36). The highest BCUT2D eigenvalue weighted by Crippen LogP contribution is 2.23. The van der Waals surface area contributed by atoms with Gasteiger partial charge in [-0.3, -0.25) is 19.3 Å². The predicted molar refractivity (Wildman–Crippen MR) is 142 cm³/mol. The lowest BCUT2D eigenvalue weighted by molar-refractivity contribution is -0.135. The smallest absolute Gasteiger partial charge is 0.302 e. The lowest BCUT2D eigenvalue weighted by Crippen LogP contribution is -2.42. The summed E-state index contributed by atoms with van der Waals surface area (Å²) >= 11 is 12.0. The van der Waals surface area contributed by atoms with Crippen molar-refractivity contribution in [2.24, 2.45) is 0 Å². The van der Waals surface area contributed by atoms with Crippen molar-refractivity contribution in [2.45, 2.75) is 19.6 Å². The third-order valence-electron chi connectivity index (χ3n) is 6.70. The van der Waals surface area contributed by atoms with Gasteiger partial charge in [0.05, 0.1) is 42.2 Å². The highest BCUT2D eigenvalue weighted by Gasteiger charge is 2.26. The van der Waals surface area contributed by atoms with E-state index in [0.717, 1.165) is 0 Å². The Morgan fingerprint density at radius 3 is 2.41 bits per heavy atom. The molecule has 0 aliphatic carbocycles. The van der Waals surface area contributed by atoms with E-state index in [4.69, 9.17) is 32.7 Å². The zero-order valence-electron chi connectivity index (χ0n) is 21.1. The Morgan fingerprint density at radius 1 is 1.03 bits per heavy atom. The normalized spacial score (nSPS) is 16.5. The molecule has 0 bridgehead atoms. The van der Waals surface area contributed by atoms with Crippen LogP contribution in [0.1, 0.15) is 21.7 Å². The number of carbonyl (C=O) groups excluding carboxylic acids is 2. The first-order valence-corrected chi connectivity index (χ1v) is 13.3. The number of fused-ring (bicyclic) bond motifs is 1. The van der Waals surface area contributed by atoms with Crippen LogP contribution in [-0.2, 0) is 33.9 Å². The van der Waals surface area contributed by atoms with Gasteiger partial charge in [0.25, 0.3) is 5.91 Å². The molecule has 2 aromatic heterocycles. The third-order valence-corrected chi connectivity index (χ3v) is 7.44. The summed E-state index contributed by atoms with van der Waals surface area (Å²) in [4.78, 5) is 47.6. The van der Waals surface area contributed by atoms with Gasteiger partial charge in [0.15, 0.2) is 5.69 Å². The molecule has 5 rings (SSSR count). The summed E-state index contributed by atoms with van der Waals surface area (Å²) in [5.41, 5.74) is -0.0174. The third kappa shape index (κ3) is 6.04. The van der Waals surface area contributed by atoms with Crippen molar-refractivity contribution in [2.75, 3.05) is 52.6 Å². The lowest BCUT2D eigenvalue weighted by Gasteiger charge is -2.27. The Bertz CT molecular complexity index is 1450. The van der Waals surface area contributed by atoms with Gasteiger partial charge in [-0.1, -0.05) is 29.3 Å². The number of aromatic hydroxyl groups is 1. The summed E-state index contributed by atoms with van der Waals surface area (Å²) in [6.07, 6.45) is 1.67. The minimum Gasteiger partial charge on any atom is -0.501 e. The predicted octanol–water partition coefficient (Wildman–Crippen LogP) is 1.13. The number of ether oxygens (including phenoxy) is 2. The zero-order chi connectivity index (χ0) is 27.5. The number of aromatic nitrogens is 3. The van der Waals surface area contributed by atoms with Crippen LogP contribution in [0.25, 0.3) is 5.78 Å². The van der Waals surface area contributed by atoms with Crippen LogP contribution in [0.4, 0.5) is 0 Å². The second-order valence-corrected chi connectivity index (χ2v) is 10.1. The molecular weight excluding hydrogens is 551 g/mol. The Kier molecular flexibility index (Phi) is 8.38. The number of carbonyl (C=O) groups is 2. The molecule has 2 saturated heterocycles. The number of benzene rings is 1. The maximum Gasteiger partial charge on any atom is 0.302 e. The van der Waals surface area contributed by atoms with Gasteiger partial charge in [0.2, 0.25) is 17.4 Å². The van der Waals surface area contributed by atoms with Crippen molar-refractivity contribution in [1.29, 1.82) is 0 Å². The highest BCUT2D eigenvalue weighted by molar-refractivity contribution is 6.42. The van der Waals surface area contributed by atoms with E-state index in [1.807, 2.05) is 0 Å². The van der Waals surface area contributed by atoms with E-state index in [2.05, 4.69) is 15.2 Å². The maximum absolute atomic E-state index is 13.4. The van der Waals surface area contributed by atoms with Crippen molar-refractivity contribution in [3.63, 3.8) is 0 Å². The first-order chi connectivity index (χ1) is 18.8. The monoisotopic (exact) mass is 578 g/mol. The van der Waals surface area contributed by atoms with Crippen LogP contribution in [0.15, 0.2) is 29.2 Å². The first-order valence-electron chi connectivity index (χ1n) is 12.5. The number of hydrogen-bond acceptors (Lipinski definition) is 8. The topological polar surface area (TPSA) is 131 Å². The molecule has 39 heavy (non-hydrogen) atoms. The largest absolute Gasteiger partial charge is 0.501 e. The Labute approximate surface area is 233 Å². The zero-order valence-corrected chi connectivity index (χ0v) is 22.6. The fourth-order valence-corrected chi connectivity index (χ4v) is 4.92. The second kappa shape index (κ2) is 11.9. The SMILES string of the molecule is O=C(NCc1ccc(Cl)c(Cl)c1)c1nc2n(CC(=O)N3CCOCC3)cc(CN3CCOCC3)n2c(=O)c1O. The van der Waals surface area contributed by atoms with Crippen LogP contribution in [0.3, 0.4) is 0 Å². The maximum atomic E-state index is 13.4. The molecule has 2 amide bonds. The molecule has 2 fully saturated rings. The summed E-state index contributed by atoms with van der Waals surface area (Å²) in [5.74, 6) is -1.61. The quantitative estimate of drug-likeness (QED) is 0.426. The molecule has 208 valence electrons. The van der Waals surface area contributed by atoms with Crippen molar-refractivity contribution < 1.29 is 24.2 Å². The Balaban J connectivity index is 1.47. The van der Waals surface area contributed by atoms with Crippen LogP contribution >= 0.6 is 23.2 Å².